The van der Waals surface area contributed by atoms with E-state index < -0.39 is 0 Å². The van der Waals surface area contributed by atoms with Crippen molar-refractivity contribution in [3.8, 4) is 0 Å². The standard InChI is InChI=1S/C23H24N4O/c28-23(24-15-22-26-25-21-10-5-13-27(21)22)14-20-18-8-3-1-6-16(18)11-12-17-7-2-4-9-19(17)20/h1-4,6-9,20H,5,10-15H2,(H,24,28). The molecule has 1 aliphatic heterocycles. The third-order valence-electron chi connectivity index (χ3n) is 6.04. The second kappa shape index (κ2) is 7.23. The number of hydrogen-bond donors (Lipinski definition) is 1. The molecule has 1 N–H and O–H groups in total. The third kappa shape index (κ3) is 3.11. The van der Waals surface area contributed by atoms with Gasteiger partial charge in [-0.1, -0.05) is 48.5 Å². The number of nitrogens with zero attached hydrogens (tertiary/aromatic N) is 3. The van der Waals surface area contributed by atoms with Crippen LogP contribution in [0.1, 0.15) is 52.7 Å². The predicted molar refractivity (Wildman–Crippen MR) is 107 cm³/mol. The highest BCUT2D eigenvalue weighted by Gasteiger charge is 2.26. The first-order chi connectivity index (χ1) is 13.8. The van der Waals surface area contributed by atoms with E-state index >= 15 is 0 Å². The van der Waals surface area contributed by atoms with Gasteiger partial charge in [0.15, 0.2) is 5.82 Å². The van der Waals surface area contributed by atoms with E-state index in [4.69, 9.17) is 0 Å². The summed E-state index contributed by atoms with van der Waals surface area (Å²) in [5, 5.41) is 11.5. The topological polar surface area (TPSA) is 59.8 Å². The monoisotopic (exact) mass is 372 g/mol. The summed E-state index contributed by atoms with van der Waals surface area (Å²) in [5.74, 6) is 2.06. The van der Waals surface area contributed by atoms with Crippen LogP contribution in [0, 0.1) is 0 Å². The molecule has 142 valence electrons. The maximum Gasteiger partial charge on any atom is 0.221 e. The molecule has 0 bridgehead atoms. The predicted octanol–water partition coefficient (Wildman–Crippen LogP) is 3.16. The number of benzene rings is 2. The van der Waals surface area contributed by atoms with Crippen molar-refractivity contribution >= 4 is 5.91 Å². The highest BCUT2D eigenvalue weighted by Crippen LogP contribution is 2.36. The highest BCUT2D eigenvalue weighted by molar-refractivity contribution is 5.77. The first kappa shape index (κ1) is 17.2. The Bertz CT molecular complexity index is 975. The van der Waals surface area contributed by atoms with E-state index in [1.165, 1.54) is 22.3 Å². The maximum absolute atomic E-state index is 12.9. The van der Waals surface area contributed by atoms with Crippen LogP contribution in [-0.2, 0) is 37.1 Å². The molecule has 0 spiro atoms. The molecule has 28 heavy (non-hydrogen) atoms. The Morgan fingerprint density at radius 3 is 2.36 bits per heavy atom. The van der Waals surface area contributed by atoms with Crippen LogP contribution in [0.4, 0.5) is 0 Å². The smallest absolute Gasteiger partial charge is 0.221 e. The molecule has 5 rings (SSSR count). The Morgan fingerprint density at radius 2 is 1.64 bits per heavy atom. The average Bonchev–Trinajstić information content (AvgIpc) is 3.30. The summed E-state index contributed by atoms with van der Waals surface area (Å²) < 4.78 is 2.14. The van der Waals surface area contributed by atoms with Crippen LogP contribution in [0.5, 0.6) is 0 Å². The van der Waals surface area contributed by atoms with Gasteiger partial charge >= 0.3 is 0 Å². The maximum atomic E-state index is 12.9. The van der Waals surface area contributed by atoms with E-state index in [1.54, 1.807) is 0 Å². The Kier molecular flexibility index (Phi) is 4.43. The quantitative estimate of drug-likeness (QED) is 0.765. The zero-order valence-corrected chi connectivity index (χ0v) is 15.9. The first-order valence-corrected chi connectivity index (χ1v) is 10.1. The number of nitrogens with one attached hydrogen (secondary N) is 1. The van der Waals surface area contributed by atoms with Gasteiger partial charge < -0.3 is 9.88 Å². The summed E-state index contributed by atoms with van der Waals surface area (Å²) in [7, 11) is 0. The number of aromatic nitrogens is 3. The molecule has 0 radical (unpaired) electrons. The Hall–Kier alpha value is -2.95. The number of fused-ring (bicyclic) bond motifs is 3. The van der Waals surface area contributed by atoms with Gasteiger partial charge in [0.05, 0.1) is 6.54 Å². The van der Waals surface area contributed by atoms with Crippen LogP contribution >= 0.6 is 0 Å². The number of carbonyl (C=O) groups excluding carboxylic acids is 1. The molecule has 1 aromatic heterocycles. The van der Waals surface area contributed by atoms with Crippen LogP contribution in [0.15, 0.2) is 48.5 Å². The highest BCUT2D eigenvalue weighted by atomic mass is 16.1. The number of carbonyl (C=O) groups is 1. The summed E-state index contributed by atoms with van der Waals surface area (Å²) in [5.41, 5.74) is 5.27. The molecule has 5 nitrogen and oxygen atoms in total. The van der Waals surface area contributed by atoms with E-state index in [9.17, 15) is 4.79 Å². The third-order valence-corrected chi connectivity index (χ3v) is 6.04. The summed E-state index contributed by atoms with van der Waals surface area (Å²) in [4.78, 5) is 12.9. The Labute approximate surface area is 164 Å². The van der Waals surface area contributed by atoms with Crippen molar-refractivity contribution in [2.75, 3.05) is 0 Å². The lowest BCUT2D eigenvalue weighted by Crippen LogP contribution is -2.26. The molecule has 3 aromatic rings. The molecule has 0 fully saturated rings. The molecule has 1 aliphatic carbocycles. The summed E-state index contributed by atoms with van der Waals surface area (Å²) in [6.07, 6.45) is 4.60. The Morgan fingerprint density at radius 1 is 0.964 bits per heavy atom. The molecule has 2 heterocycles. The van der Waals surface area contributed by atoms with Crippen molar-refractivity contribution in [1.82, 2.24) is 20.1 Å². The number of hydrogen-bond acceptors (Lipinski definition) is 3. The largest absolute Gasteiger partial charge is 0.349 e. The molecular formula is C23H24N4O. The van der Waals surface area contributed by atoms with E-state index in [-0.39, 0.29) is 11.8 Å². The number of rotatable bonds is 4. The van der Waals surface area contributed by atoms with Crippen molar-refractivity contribution in [3.63, 3.8) is 0 Å². The fourth-order valence-electron chi connectivity index (χ4n) is 4.64. The second-order valence-corrected chi connectivity index (χ2v) is 7.72. The molecule has 2 aromatic carbocycles. The molecule has 0 atom stereocenters. The van der Waals surface area contributed by atoms with Crippen molar-refractivity contribution in [1.29, 1.82) is 0 Å². The molecule has 0 unspecified atom stereocenters. The van der Waals surface area contributed by atoms with Crippen molar-refractivity contribution in [2.45, 2.75) is 51.1 Å². The van der Waals surface area contributed by atoms with Crippen LogP contribution in [0.25, 0.3) is 0 Å². The summed E-state index contributed by atoms with van der Waals surface area (Å²) >= 11 is 0. The minimum absolute atomic E-state index is 0.0619. The molecular weight excluding hydrogens is 348 g/mol. The van der Waals surface area contributed by atoms with Gasteiger partial charge in [0.1, 0.15) is 5.82 Å². The average molecular weight is 372 g/mol. The van der Waals surface area contributed by atoms with E-state index in [2.05, 4.69) is 68.6 Å². The van der Waals surface area contributed by atoms with Gasteiger partial charge in [-0.25, -0.2) is 0 Å². The molecule has 5 heteroatoms. The fraction of sp³-hybridized carbons (Fsp3) is 0.348. The van der Waals surface area contributed by atoms with Gasteiger partial charge in [0.2, 0.25) is 5.91 Å². The lowest BCUT2D eigenvalue weighted by molar-refractivity contribution is -0.121. The lowest BCUT2D eigenvalue weighted by Gasteiger charge is -2.20. The van der Waals surface area contributed by atoms with Crippen LogP contribution in [0.3, 0.4) is 0 Å². The van der Waals surface area contributed by atoms with Crippen LogP contribution < -0.4 is 5.32 Å². The molecule has 2 aliphatic rings. The summed E-state index contributed by atoms with van der Waals surface area (Å²) in [6.45, 7) is 1.40. The van der Waals surface area contributed by atoms with Gasteiger partial charge in [0, 0.05) is 25.3 Å². The SMILES string of the molecule is O=C(CC1c2ccccc2CCc2ccccc21)NCc1nnc2n1CCC2. The van der Waals surface area contributed by atoms with Gasteiger partial charge in [0.25, 0.3) is 0 Å². The van der Waals surface area contributed by atoms with Gasteiger partial charge in [-0.15, -0.1) is 10.2 Å². The number of amides is 1. The zero-order valence-electron chi connectivity index (χ0n) is 15.9. The van der Waals surface area contributed by atoms with E-state index in [0.717, 1.165) is 43.9 Å². The molecule has 0 saturated carbocycles. The lowest BCUT2D eigenvalue weighted by atomic mass is 9.85. The zero-order chi connectivity index (χ0) is 18.9. The molecule has 1 amide bonds. The Balaban J connectivity index is 1.37. The first-order valence-electron chi connectivity index (χ1n) is 10.1. The van der Waals surface area contributed by atoms with Gasteiger partial charge in [-0.3, -0.25) is 4.79 Å². The van der Waals surface area contributed by atoms with E-state index in [0.29, 0.717) is 13.0 Å². The second-order valence-electron chi connectivity index (χ2n) is 7.72. The van der Waals surface area contributed by atoms with E-state index in [1.807, 2.05) is 0 Å². The fourth-order valence-corrected chi connectivity index (χ4v) is 4.64. The van der Waals surface area contributed by atoms with Gasteiger partial charge in [-0.05, 0) is 41.5 Å². The van der Waals surface area contributed by atoms with Gasteiger partial charge in [-0.2, -0.15) is 0 Å². The van der Waals surface area contributed by atoms with Crippen molar-refractivity contribution in [3.05, 3.63) is 82.4 Å². The molecule has 0 saturated heterocycles. The van der Waals surface area contributed by atoms with Crippen LogP contribution in [0.2, 0.25) is 0 Å². The summed E-state index contributed by atoms with van der Waals surface area (Å²) in [6, 6.07) is 17.1. The van der Waals surface area contributed by atoms with Crippen molar-refractivity contribution < 1.29 is 4.79 Å². The minimum Gasteiger partial charge on any atom is -0.349 e. The normalized spacial score (nSPS) is 15.4. The number of aryl methyl sites for hydroxylation is 3. The van der Waals surface area contributed by atoms with Crippen LogP contribution in [-0.4, -0.2) is 20.7 Å². The minimum atomic E-state index is 0.0619. The van der Waals surface area contributed by atoms with Crippen molar-refractivity contribution in [2.24, 2.45) is 0 Å².